The van der Waals surface area contributed by atoms with Crippen LogP contribution in [0.2, 0.25) is 0 Å². The fraction of sp³-hybridized carbons (Fsp3) is 0. The fourth-order valence-electron chi connectivity index (χ4n) is 1.88. The minimum atomic E-state index is -0.163. The molecule has 1 aromatic carbocycles. The van der Waals surface area contributed by atoms with Crippen molar-refractivity contribution < 1.29 is 5.11 Å². The predicted octanol–water partition coefficient (Wildman–Crippen LogP) is 2.30. The van der Waals surface area contributed by atoms with Crippen LogP contribution in [0.5, 0.6) is 5.75 Å². The van der Waals surface area contributed by atoms with Crippen LogP contribution in [-0.4, -0.2) is 15.1 Å². The average Bonchev–Trinajstić information content (AvgIpc) is 2.39. The molecule has 2 N–H and O–H groups in total. The first-order valence-corrected chi connectivity index (χ1v) is 5.51. The van der Waals surface area contributed by atoms with E-state index < -0.39 is 0 Å². The van der Waals surface area contributed by atoms with E-state index in [1.54, 1.807) is 42.6 Å². The minimum absolute atomic E-state index is 0.163. The highest BCUT2D eigenvalue weighted by molar-refractivity contribution is 5.81. The summed E-state index contributed by atoms with van der Waals surface area (Å²) in [6.07, 6.45) is 1.66. The van der Waals surface area contributed by atoms with Crippen molar-refractivity contribution in [3.8, 4) is 17.0 Å². The molecule has 0 unspecified atom stereocenters. The number of aromatic nitrogens is 2. The smallest absolute Gasteiger partial charge is 0.257 e. The summed E-state index contributed by atoms with van der Waals surface area (Å²) in [5.74, 6) is 0.194. The highest BCUT2D eigenvalue weighted by Gasteiger charge is 2.04. The SMILES string of the molecule is O=c1[nH]c(-c2ccc(O)cc2)cc2ncccc12. The molecule has 4 heteroatoms. The number of phenols is 1. The van der Waals surface area contributed by atoms with E-state index in [-0.39, 0.29) is 11.3 Å². The van der Waals surface area contributed by atoms with Crippen molar-refractivity contribution in [2.75, 3.05) is 0 Å². The first-order chi connectivity index (χ1) is 8.74. The first kappa shape index (κ1) is 10.5. The molecule has 3 rings (SSSR count). The van der Waals surface area contributed by atoms with Crippen molar-refractivity contribution in [3.63, 3.8) is 0 Å². The number of hydrogen-bond acceptors (Lipinski definition) is 3. The molecular formula is C14H10N2O2. The third-order valence-corrected chi connectivity index (χ3v) is 2.79. The molecular weight excluding hydrogens is 228 g/mol. The largest absolute Gasteiger partial charge is 0.508 e. The van der Waals surface area contributed by atoms with Crippen LogP contribution >= 0.6 is 0 Å². The molecule has 2 aromatic heterocycles. The highest BCUT2D eigenvalue weighted by Crippen LogP contribution is 2.20. The second-order valence-corrected chi connectivity index (χ2v) is 4.00. The average molecular weight is 238 g/mol. The zero-order valence-corrected chi connectivity index (χ0v) is 9.42. The molecule has 0 aliphatic rings. The lowest BCUT2D eigenvalue weighted by Crippen LogP contribution is -2.07. The van der Waals surface area contributed by atoms with Crippen LogP contribution in [0.15, 0.2) is 53.5 Å². The van der Waals surface area contributed by atoms with Gasteiger partial charge >= 0.3 is 0 Å². The molecule has 0 spiro atoms. The minimum Gasteiger partial charge on any atom is -0.508 e. The lowest BCUT2D eigenvalue weighted by Gasteiger charge is -2.03. The van der Waals surface area contributed by atoms with Crippen molar-refractivity contribution in [2.45, 2.75) is 0 Å². The maximum atomic E-state index is 11.9. The molecule has 0 amide bonds. The Morgan fingerprint density at radius 3 is 2.67 bits per heavy atom. The predicted molar refractivity (Wildman–Crippen MR) is 69.5 cm³/mol. The van der Waals surface area contributed by atoms with Crippen LogP contribution in [0.1, 0.15) is 0 Å². The van der Waals surface area contributed by atoms with Crippen LogP contribution in [0.4, 0.5) is 0 Å². The van der Waals surface area contributed by atoms with E-state index in [1.165, 1.54) is 0 Å². The number of nitrogens with one attached hydrogen (secondary N) is 1. The number of fused-ring (bicyclic) bond motifs is 1. The van der Waals surface area contributed by atoms with Gasteiger partial charge in [0, 0.05) is 6.20 Å². The Morgan fingerprint density at radius 1 is 1.11 bits per heavy atom. The topological polar surface area (TPSA) is 66.0 Å². The summed E-state index contributed by atoms with van der Waals surface area (Å²) < 4.78 is 0. The molecule has 0 fully saturated rings. The van der Waals surface area contributed by atoms with Gasteiger partial charge in [0.25, 0.3) is 5.56 Å². The van der Waals surface area contributed by atoms with Crippen LogP contribution in [-0.2, 0) is 0 Å². The van der Waals surface area contributed by atoms with E-state index in [2.05, 4.69) is 9.97 Å². The maximum Gasteiger partial charge on any atom is 0.257 e. The molecule has 0 aliphatic heterocycles. The number of pyridine rings is 2. The Labute approximate surface area is 103 Å². The van der Waals surface area contributed by atoms with Gasteiger partial charge in [-0.25, -0.2) is 0 Å². The Kier molecular flexibility index (Phi) is 2.34. The van der Waals surface area contributed by atoms with Crippen molar-refractivity contribution in [1.29, 1.82) is 0 Å². The van der Waals surface area contributed by atoms with Crippen LogP contribution in [0.3, 0.4) is 0 Å². The maximum absolute atomic E-state index is 11.9. The van der Waals surface area contributed by atoms with Gasteiger partial charge in [0.1, 0.15) is 5.75 Å². The summed E-state index contributed by atoms with van der Waals surface area (Å²) in [7, 11) is 0. The summed E-state index contributed by atoms with van der Waals surface area (Å²) in [4.78, 5) is 18.9. The summed E-state index contributed by atoms with van der Waals surface area (Å²) in [5.41, 5.74) is 2.01. The first-order valence-electron chi connectivity index (χ1n) is 5.51. The molecule has 0 saturated carbocycles. The lowest BCUT2D eigenvalue weighted by molar-refractivity contribution is 0.475. The van der Waals surface area contributed by atoms with Gasteiger partial charge in [-0.05, 0) is 48.0 Å². The highest BCUT2D eigenvalue weighted by atomic mass is 16.3. The van der Waals surface area contributed by atoms with Gasteiger partial charge in [0.05, 0.1) is 16.6 Å². The van der Waals surface area contributed by atoms with Gasteiger partial charge in [-0.15, -0.1) is 0 Å². The van der Waals surface area contributed by atoms with E-state index in [0.29, 0.717) is 16.6 Å². The monoisotopic (exact) mass is 238 g/mol. The van der Waals surface area contributed by atoms with Crippen LogP contribution in [0, 0.1) is 0 Å². The number of nitrogens with zero attached hydrogens (tertiary/aromatic N) is 1. The second-order valence-electron chi connectivity index (χ2n) is 4.00. The number of aromatic amines is 1. The Morgan fingerprint density at radius 2 is 1.89 bits per heavy atom. The third-order valence-electron chi connectivity index (χ3n) is 2.79. The van der Waals surface area contributed by atoms with Crippen molar-refractivity contribution in [2.24, 2.45) is 0 Å². The number of benzene rings is 1. The van der Waals surface area contributed by atoms with Gasteiger partial charge in [0.2, 0.25) is 0 Å². The molecule has 0 saturated heterocycles. The molecule has 2 heterocycles. The summed E-state index contributed by atoms with van der Waals surface area (Å²) in [5, 5.41) is 9.82. The summed E-state index contributed by atoms with van der Waals surface area (Å²) >= 11 is 0. The molecule has 88 valence electrons. The van der Waals surface area contributed by atoms with Crippen molar-refractivity contribution in [3.05, 3.63) is 59.0 Å². The molecule has 0 radical (unpaired) electrons. The van der Waals surface area contributed by atoms with E-state index in [4.69, 9.17) is 0 Å². The molecule has 0 aliphatic carbocycles. The quantitative estimate of drug-likeness (QED) is 0.683. The molecule has 3 aromatic rings. The third kappa shape index (κ3) is 1.73. The molecule has 4 nitrogen and oxygen atoms in total. The normalized spacial score (nSPS) is 10.7. The van der Waals surface area contributed by atoms with Crippen LogP contribution < -0.4 is 5.56 Å². The van der Waals surface area contributed by atoms with E-state index in [0.717, 1.165) is 5.56 Å². The van der Waals surface area contributed by atoms with Crippen LogP contribution in [0.25, 0.3) is 22.2 Å². The standard InChI is InChI=1S/C14H10N2O2/c17-10-5-3-9(4-6-10)12-8-13-11(14(18)16-12)2-1-7-15-13/h1-8,17H,(H,16,18). The van der Waals surface area contributed by atoms with Gasteiger partial charge in [-0.3, -0.25) is 9.78 Å². The van der Waals surface area contributed by atoms with Gasteiger partial charge in [-0.1, -0.05) is 0 Å². The van der Waals surface area contributed by atoms with E-state index in [1.807, 2.05) is 6.07 Å². The Bertz CT molecular complexity index is 761. The Hall–Kier alpha value is -2.62. The lowest BCUT2D eigenvalue weighted by atomic mass is 10.1. The number of rotatable bonds is 1. The number of aromatic hydroxyl groups is 1. The number of hydrogen-bond donors (Lipinski definition) is 2. The van der Waals surface area contributed by atoms with E-state index in [9.17, 15) is 9.90 Å². The fourth-order valence-corrected chi connectivity index (χ4v) is 1.88. The van der Waals surface area contributed by atoms with Crippen molar-refractivity contribution in [1.82, 2.24) is 9.97 Å². The number of phenolic OH excluding ortho intramolecular Hbond substituents is 1. The number of H-pyrrole nitrogens is 1. The summed E-state index contributed by atoms with van der Waals surface area (Å²) in [6, 6.07) is 11.9. The second kappa shape index (κ2) is 4.00. The zero-order chi connectivity index (χ0) is 12.5. The Balaban J connectivity index is 2.24. The van der Waals surface area contributed by atoms with Crippen molar-refractivity contribution >= 4 is 10.9 Å². The molecule has 18 heavy (non-hydrogen) atoms. The zero-order valence-electron chi connectivity index (χ0n) is 9.42. The van der Waals surface area contributed by atoms with Gasteiger partial charge in [-0.2, -0.15) is 0 Å². The summed E-state index contributed by atoms with van der Waals surface area (Å²) in [6.45, 7) is 0. The van der Waals surface area contributed by atoms with E-state index >= 15 is 0 Å². The molecule has 0 atom stereocenters. The molecule has 0 bridgehead atoms. The van der Waals surface area contributed by atoms with Gasteiger partial charge < -0.3 is 10.1 Å². The van der Waals surface area contributed by atoms with Gasteiger partial charge in [0.15, 0.2) is 0 Å².